The Kier molecular flexibility index (Phi) is 6.70. The highest BCUT2D eigenvalue weighted by atomic mass is 16.6. The van der Waals surface area contributed by atoms with Gasteiger partial charge in [-0.2, -0.15) is 0 Å². The van der Waals surface area contributed by atoms with Crippen LogP contribution in [0.4, 0.5) is 5.69 Å². The van der Waals surface area contributed by atoms with Gasteiger partial charge in [-0.25, -0.2) is 4.79 Å². The van der Waals surface area contributed by atoms with E-state index in [4.69, 9.17) is 14.2 Å². The molecule has 1 aliphatic rings. The molecule has 0 aromatic heterocycles. The topological polar surface area (TPSA) is 56.8 Å². The van der Waals surface area contributed by atoms with Crippen molar-refractivity contribution in [1.82, 2.24) is 0 Å². The van der Waals surface area contributed by atoms with Gasteiger partial charge in [-0.3, -0.25) is 0 Å². The van der Waals surface area contributed by atoms with Gasteiger partial charge in [0.15, 0.2) is 6.10 Å². The molecule has 1 N–H and O–H groups in total. The van der Waals surface area contributed by atoms with Crippen molar-refractivity contribution >= 4 is 11.7 Å². The number of benzene rings is 1. The molecule has 0 saturated heterocycles. The van der Waals surface area contributed by atoms with Crippen molar-refractivity contribution in [3.05, 3.63) is 35.4 Å². The van der Waals surface area contributed by atoms with Crippen molar-refractivity contribution in [2.45, 2.75) is 65.3 Å². The van der Waals surface area contributed by atoms with Crippen LogP contribution in [0.25, 0.3) is 0 Å². The molecule has 0 amide bonds. The molecule has 0 bridgehead atoms. The van der Waals surface area contributed by atoms with Gasteiger partial charge in [-0.15, -0.1) is 0 Å². The van der Waals surface area contributed by atoms with Crippen molar-refractivity contribution in [1.29, 1.82) is 0 Å². The molecule has 5 nitrogen and oxygen atoms in total. The Bertz CT molecular complexity index is 662. The molecule has 0 aliphatic carbocycles. The first-order valence-corrected chi connectivity index (χ1v) is 9.26. The molecule has 1 heterocycles. The average molecular weight is 361 g/mol. The minimum Gasteiger partial charge on any atom is -0.483 e. The summed E-state index contributed by atoms with van der Waals surface area (Å²) in [5.41, 5.74) is 2.06. The molecule has 2 unspecified atom stereocenters. The summed E-state index contributed by atoms with van der Waals surface area (Å²) in [5.74, 6) is 0.397. The number of carbonyl (C=O) groups is 1. The fourth-order valence-corrected chi connectivity index (χ4v) is 3.02. The van der Waals surface area contributed by atoms with Crippen molar-refractivity contribution in [3.63, 3.8) is 0 Å². The Morgan fingerprint density at radius 2 is 2.08 bits per heavy atom. The van der Waals surface area contributed by atoms with Crippen LogP contribution in [-0.2, 0) is 14.3 Å². The molecule has 2 rings (SSSR count). The molecule has 0 spiro atoms. The molecule has 26 heavy (non-hydrogen) atoms. The number of hydrogen-bond acceptors (Lipinski definition) is 5. The van der Waals surface area contributed by atoms with Crippen molar-refractivity contribution in [2.75, 3.05) is 19.0 Å². The van der Waals surface area contributed by atoms with E-state index in [1.165, 1.54) is 6.08 Å². The van der Waals surface area contributed by atoms with Gasteiger partial charge >= 0.3 is 5.97 Å². The second-order valence-electron chi connectivity index (χ2n) is 7.43. The fourth-order valence-electron chi connectivity index (χ4n) is 3.02. The minimum atomic E-state index is -0.698. The van der Waals surface area contributed by atoms with Crippen LogP contribution < -0.4 is 10.1 Å². The van der Waals surface area contributed by atoms with E-state index in [2.05, 4.69) is 12.2 Å². The number of fused-ring (bicyclic) bond motifs is 1. The van der Waals surface area contributed by atoms with Gasteiger partial charge in [0.25, 0.3) is 0 Å². The number of esters is 1. The standard InChI is InChI=1S/C21H31NO4/c1-7-8-11-24-19-16-13-15(22-6)9-10-17(16)26-21(4,5)20(19)25-18(23)12-14(2)3/h9-10,12-13,19-20,22H,7-8,11H2,1-6H3. The van der Waals surface area contributed by atoms with E-state index in [9.17, 15) is 4.79 Å². The summed E-state index contributed by atoms with van der Waals surface area (Å²) in [6.07, 6.45) is 2.58. The van der Waals surface area contributed by atoms with Gasteiger partial charge in [0.1, 0.15) is 17.5 Å². The van der Waals surface area contributed by atoms with Crippen LogP contribution in [0, 0.1) is 0 Å². The molecular formula is C21H31NO4. The maximum absolute atomic E-state index is 12.3. The van der Waals surface area contributed by atoms with Crippen LogP contribution in [-0.4, -0.2) is 31.3 Å². The van der Waals surface area contributed by atoms with Gasteiger partial charge in [0.05, 0.1) is 0 Å². The first-order valence-electron chi connectivity index (χ1n) is 9.26. The fraction of sp³-hybridized carbons (Fsp3) is 0.571. The summed E-state index contributed by atoms with van der Waals surface area (Å²) in [4.78, 5) is 12.3. The highest BCUT2D eigenvalue weighted by Crippen LogP contribution is 2.44. The lowest BCUT2D eigenvalue weighted by Gasteiger charge is -2.43. The van der Waals surface area contributed by atoms with Crippen molar-refractivity contribution < 1.29 is 19.0 Å². The highest BCUT2D eigenvalue weighted by Gasteiger charge is 2.47. The number of hydrogen-bond donors (Lipinski definition) is 1. The SMILES string of the molecule is CCCCOC1c2cc(NC)ccc2OC(C)(C)C1OC(=O)C=C(C)C. The second-order valence-corrected chi connectivity index (χ2v) is 7.43. The third-order valence-electron chi connectivity index (χ3n) is 4.38. The van der Waals surface area contributed by atoms with Gasteiger partial charge < -0.3 is 19.5 Å². The Hall–Kier alpha value is -2.01. The van der Waals surface area contributed by atoms with Crippen LogP contribution in [0.15, 0.2) is 29.8 Å². The summed E-state index contributed by atoms with van der Waals surface area (Å²) in [5, 5.41) is 3.14. The normalized spacial score (nSPS) is 20.5. The number of rotatable bonds is 7. The van der Waals surface area contributed by atoms with E-state index in [1.807, 2.05) is 52.9 Å². The molecule has 1 aromatic carbocycles. The van der Waals surface area contributed by atoms with E-state index in [-0.39, 0.29) is 12.1 Å². The molecule has 5 heteroatoms. The Morgan fingerprint density at radius 3 is 2.69 bits per heavy atom. The average Bonchev–Trinajstić information content (AvgIpc) is 2.56. The monoisotopic (exact) mass is 361 g/mol. The summed E-state index contributed by atoms with van der Waals surface area (Å²) in [6.45, 7) is 10.3. The zero-order valence-electron chi connectivity index (χ0n) is 16.7. The largest absolute Gasteiger partial charge is 0.483 e. The molecule has 0 radical (unpaired) electrons. The van der Waals surface area contributed by atoms with Crippen LogP contribution in [0.5, 0.6) is 5.75 Å². The van der Waals surface area contributed by atoms with E-state index in [0.717, 1.165) is 35.4 Å². The zero-order chi connectivity index (χ0) is 19.3. The van der Waals surface area contributed by atoms with Gasteiger partial charge in [0, 0.05) is 31.0 Å². The second kappa shape index (κ2) is 8.58. The van der Waals surface area contributed by atoms with Crippen molar-refractivity contribution in [2.24, 2.45) is 0 Å². The number of allylic oxidation sites excluding steroid dienone is 1. The predicted octanol–water partition coefficient (Wildman–Crippen LogP) is 4.64. The van der Waals surface area contributed by atoms with Gasteiger partial charge in [-0.1, -0.05) is 18.9 Å². The quantitative estimate of drug-likeness (QED) is 0.436. The lowest BCUT2D eigenvalue weighted by molar-refractivity contribution is -0.179. The smallest absolute Gasteiger partial charge is 0.331 e. The maximum Gasteiger partial charge on any atom is 0.331 e. The Balaban J connectivity index is 2.40. The van der Waals surface area contributed by atoms with Crippen LogP contribution in [0.1, 0.15) is 59.1 Å². The number of ether oxygens (including phenoxy) is 3. The van der Waals surface area contributed by atoms with E-state index < -0.39 is 11.7 Å². The molecule has 2 atom stereocenters. The molecule has 0 saturated carbocycles. The number of unbranched alkanes of at least 4 members (excludes halogenated alkanes) is 1. The van der Waals surface area contributed by atoms with E-state index in [0.29, 0.717) is 6.61 Å². The number of nitrogens with one attached hydrogen (secondary N) is 1. The van der Waals surface area contributed by atoms with E-state index in [1.54, 1.807) is 0 Å². The summed E-state index contributed by atoms with van der Waals surface area (Å²) in [6, 6.07) is 5.91. The third-order valence-corrected chi connectivity index (χ3v) is 4.38. The Morgan fingerprint density at radius 1 is 1.35 bits per heavy atom. The first-order chi connectivity index (χ1) is 12.3. The molecular weight excluding hydrogens is 330 g/mol. The molecule has 0 fully saturated rings. The zero-order valence-corrected chi connectivity index (χ0v) is 16.7. The summed E-state index contributed by atoms with van der Waals surface area (Å²) >= 11 is 0. The van der Waals surface area contributed by atoms with Crippen molar-refractivity contribution in [3.8, 4) is 5.75 Å². The van der Waals surface area contributed by atoms with E-state index >= 15 is 0 Å². The number of anilines is 1. The highest BCUT2D eigenvalue weighted by molar-refractivity contribution is 5.83. The first kappa shape index (κ1) is 20.3. The van der Waals surface area contributed by atoms with Gasteiger partial charge in [0.2, 0.25) is 0 Å². The third kappa shape index (κ3) is 4.79. The van der Waals surface area contributed by atoms with Crippen LogP contribution in [0.3, 0.4) is 0 Å². The van der Waals surface area contributed by atoms with Crippen LogP contribution >= 0.6 is 0 Å². The minimum absolute atomic E-state index is 0.371. The lowest BCUT2D eigenvalue weighted by Crippen LogP contribution is -2.51. The predicted molar refractivity (Wildman–Crippen MR) is 104 cm³/mol. The molecule has 1 aromatic rings. The summed E-state index contributed by atoms with van der Waals surface area (Å²) in [7, 11) is 1.87. The Labute approximate surface area is 156 Å². The molecule has 1 aliphatic heterocycles. The van der Waals surface area contributed by atoms with Crippen LogP contribution in [0.2, 0.25) is 0 Å². The van der Waals surface area contributed by atoms with Gasteiger partial charge in [-0.05, 0) is 52.3 Å². The maximum atomic E-state index is 12.3. The lowest BCUT2D eigenvalue weighted by atomic mass is 9.87. The molecule has 144 valence electrons. The summed E-state index contributed by atoms with van der Waals surface area (Å²) < 4.78 is 18.2. The number of carbonyl (C=O) groups excluding carboxylic acids is 1.